The fourth-order valence-electron chi connectivity index (χ4n) is 2.24. The van der Waals surface area contributed by atoms with E-state index in [0.29, 0.717) is 5.92 Å². The number of hydrogen-bond acceptors (Lipinski definition) is 3. The van der Waals surface area contributed by atoms with Gasteiger partial charge in [-0.25, -0.2) is 0 Å². The van der Waals surface area contributed by atoms with Gasteiger partial charge in [-0.3, -0.25) is 9.78 Å². The molecular weight excluding hydrogens is 250 g/mol. The zero-order valence-electron chi connectivity index (χ0n) is 12.7. The number of rotatable bonds is 7. The number of nitrogens with one attached hydrogen (secondary N) is 1. The Labute approximate surface area is 121 Å². The number of carbonyl (C=O) groups excluding carboxylic acids is 1. The molecule has 1 aromatic heterocycles. The molecule has 1 aromatic rings. The van der Waals surface area contributed by atoms with Crippen molar-refractivity contribution in [2.24, 2.45) is 5.92 Å². The monoisotopic (exact) mass is 275 g/mol. The molecular formula is C16H25N3O. The molecule has 1 saturated carbocycles. The number of aromatic nitrogens is 1. The molecule has 0 spiro atoms. The molecule has 0 aromatic carbocycles. The van der Waals surface area contributed by atoms with Gasteiger partial charge in [0.25, 0.3) is 5.91 Å². The average molecular weight is 275 g/mol. The maximum atomic E-state index is 12.8. The Hall–Kier alpha value is -1.58. The van der Waals surface area contributed by atoms with Crippen molar-refractivity contribution < 1.29 is 4.79 Å². The molecule has 0 unspecified atom stereocenters. The lowest BCUT2D eigenvalue weighted by atomic mass is 10.1. The molecule has 1 amide bonds. The normalized spacial score (nSPS) is 14.4. The lowest BCUT2D eigenvalue weighted by molar-refractivity contribution is 0.0697. The molecule has 4 nitrogen and oxygen atoms in total. The zero-order valence-corrected chi connectivity index (χ0v) is 12.7. The van der Waals surface area contributed by atoms with Crippen LogP contribution in [0.25, 0.3) is 0 Å². The molecule has 0 atom stereocenters. The number of pyridine rings is 1. The summed E-state index contributed by atoms with van der Waals surface area (Å²) in [4.78, 5) is 18.9. The van der Waals surface area contributed by atoms with Crippen LogP contribution in [-0.4, -0.2) is 34.9 Å². The highest BCUT2D eigenvalue weighted by molar-refractivity contribution is 5.99. The lowest BCUT2D eigenvalue weighted by Gasteiger charge is -2.27. The molecule has 1 N–H and O–H groups in total. The molecule has 20 heavy (non-hydrogen) atoms. The van der Waals surface area contributed by atoms with Crippen LogP contribution in [0.5, 0.6) is 0 Å². The summed E-state index contributed by atoms with van der Waals surface area (Å²) in [5.41, 5.74) is 1.59. The third-order valence-corrected chi connectivity index (χ3v) is 3.65. The lowest BCUT2D eigenvalue weighted by Crippen LogP contribution is -2.38. The first kappa shape index (κ1) is 14.8. The number of hydrogen-bond donors (Lipinski definition) is 1. The van der Waals surface area contributed by atoms with Crippen molar-refractivity contribution >= 4 is 11.6 Å². The SMILES string of the molecule is CCCNc1cnccc1C(=O)N(CC1CC1)C(C)C. The van der Waals surface area contributed by atoms with E-state index in [-0.39, 0.29) is 11.9 Å². The first-order valence-electron chi connectivity index (χ1n) is 7.62. The number of carbonyl (C=O) groups is 1. The van der Waals surface area contributed by atoms with Gasteiger partial charge in [0.15, 0.2) is 0 Å². The van der Waals surface area contributed by atoms with Gasteiger partial charge in [0.05, 0.1) is 17.4 Å². The Morgan fingerprint density at radius 2 is 2.25 bits per heavy atom. The topological polar surface area (TPSA) is 45.2 Å². The van der Waals surface area contributed by atoms with Crippen molar-refractivity contribution in [2.75, 3.05) is 18.4 Å². The summed E-state index contributed by atoms with van der Waals surface area (Å²) in [6.45, 7) is 8.02. The van der Waals surface area contributed by atoms with Crippen molar-refractivity contribution in [2.45, 2.75) is 46.1 Å². The number of anilines is 1. The standard InChI is InChI=1S/C16H25N3O/c1-4-8-18-15-10-17-9-7-14(15)16(20)19(12(2)3)11-13-5-6-13/h7,9-10,12-13,18H,4-6,8,11H2,1-3H3. The molecule has 0 bridgehead atoms. The highest BCUT2D eigenvalue weighted by Gasteiger charge is 2.29. The van der Waals surface area contributed by atoms with E-state index >= 15 is 0 Å². The van der Waals surface area contributed by atoms with Gasteiger partial charge in [-0.05, 0) is 45.1 Å². The van der Waals surface area contributed by atoms with Crippen molar-refractivity contribution in [1.82, 2.24) is 9.88 Å². The first-order chi connectivity index (χ1) is 9.63. The first-order valence-corrected chi connectivity index (χ1v) is 7.62. The predicted molar refractivity (Wildman–Crippen MR) is 81.9 cm³/mol. The Kier molecular flexibility index (Phi) is 4.99. The van der Waals surface area contributed by atoms with E-state index in [1.165, 1.54) is 12.8 Å². The smallest absolute Gasteiger partial charge is 0.256 e. The van der Waals surface area contributed by atoms with Crippen molar-refractivity contribution in [3.05, 3.63) is 24.0 Å². The number of nitrogens with zero attached hydrogens (tertiary/aromatic N) is 2. The molecule has 0 radical (unpaired) electrons. The Bertz CT molecular complexity index is 455. The molecule has 1 aliphatic rings. The third-order valence-electron chi connectivity index (χ3n) is 3.65. The van der Waals surface area contributed by atoms with Gasteiger partial charge in [-0.1, -0.05) is 6.92 Å². The molecule has 1 heterocycles. The summed E-state index contributed by atoms with van der Waals surface area (Å²) in [6, 6.07) is 2.05. The maximum absolute atomic E-state index is 12.8. The molecule has 0 aliphatic heterocycles. The second-order valence-electron chi connectivity index (χ2n) is 5.84. The minimum Gasteiger partial charge on any atom is -0.383 e. The summed E-state index contributed by atoms with van der Waals surface area (Å²) in [7, 11) is 0. The van der Waals surface area contributed by atoms with Crippen LogP contribution in [-0.2, 0) is 0 Å². The summed E-state index contributed by atoms with van der Waals surface area (Å²) < 4.78 is 0. The van der Waals surface area contributed by atoms with E-state index in [2.05, 4.69) is 31.1 Å². The van der Waals surface area contributed by atoms with Crippen LogP contribution in [0, 0.1) is 5.92 Å². The van der Waals surface area contributed by atoms with Gasteiger partial charge < -0.3 is 10.2 Å². The van der Waals surface area contributed by atoms with Crippen molar-refractivity contribution in [3.8, 4) is 0 Å². The van der Waals surface area contributed by atoms with Gasteiger partial charge in [0.1, 0.15) is 0 Å². The van der Waals surface area contributed by atoms with E-state index < -0.39 is 0 Å². The molecule has 2 rings (SSSR count). The van der Waals surface area contributed by atoms with Crippen LogP contribution in [0.1, 0.15) is 50.4 Å². The van der Waals surface area contributed by atoms with Gasteiger partial charge in [0, 0.05) is 25.3 Å². The van der Waals surface area contributed by atoms with E-state index in [1.807, 2.05) is 11.0 Å². The Balaban J connectivity index is 2.16. The fourth-order valence-corrected chi connectivity index (χ4v) is 2.24. The van der Waals surface area contributed by atoms with Crippen LogP contribution in [0.2, 0.25) is 0 Å². The van der Waals surface area contributed by atoms with Gasteiger partial charge >= 0.3 is 0 Å². The van der Waals surface area contributed by atoms with Crippen LogP contribution in [0.4, 0.5) is 5.69 Å². The average Bonchev–Trinajstić information content (AvgIpc) is 3.26. The Morgan fingerprint density at radius 3 is 2.85 bits per heavy atom. The van der Waals surface area contributed by atoms with E-state index in [9.17, 15) is 4.79 Å². The molecule has 4 heteroatoms. The predicted octanol–water partition coefficient (Wildman–Crippen LogP) is 3.16. The number of amides is 1. The van der Waals surface area contributed by atoms with Crippen molar-refractivity contribution in [1.29, 1.82) is 0 Å². The van der Waals surface area contributed by atoms with E-state index in [1.54, 1.807) is 12.4 Å². The van der Waals surface area contributed by atoms with E-state index in [0.717, 1.165) is 30.8 Å². The van der Waals surface area contributed by atoms with E-state index in [4.69, 9.17) is 0 Å². The summed E-state index contributed by atoms with van der Waals surface area (Å²) in [5, 5.41) is 3.30. The van der Waals surface area contributed by atoms with Crippen molar-refractivity contribution in [3.63, 3.8) is 0 Å². The quantitative estimate of drug-likeness (QED) is 0.831. The molecule has 110 valence electrons. The van der Waals surface area contributed by atoms with Crippen LogP contribution in [0.3, 0.4) is 0 Å². The van der Waals surface area contributed by atoms with Gasteiger partial charge in [0.2, 0.25) is 0 Å². The maximum Gasteiger partial charge on any atom is 0.256 e. The molecule has 0 saturated heterocycles. The van der Waals surface area contributed by atoms with Gasteiger partial charge in [-0.15, -0.1) is 0 Å². The fraction of sp³-hybridized carbons (Fsp3) is 0.625. The van der Waals surface area contributed by atoms with Crippen LogP contribution in [0.15, 0.2) is 18.5 Å². The summed E-state index contributed by atoms with van der Waals surface area (Å²) in [5.74, 6) is 0.822. The minimum atomic E-state index is 0.118. The molecule has 1 fully saturated rings. The van der Waals surface area contributed by atoms with Crippen LogP contribution < -0.4 is 5.32 Å². The second-order valence-corrected chi connectivity index (χ2v) is 5.84. The third kappa shape index (κ3) is 3.71. The largest absolute Gasteiger partial charge is 0.383 e. The Morgan fingerprint density at radius 1 is 1.50 bits per heavy atom. The minimum absolute atomic E-state index is 0.118. The molecule has 1 aliphatic carbocycles. The second kappa shape index (κ2) is 6.73. The summed E-state index contributed by atoms with van der Waals surface area (Å²) >= 11 is 0. The highest BCUT2D eigenvalue weighted by atomic mass is 16.2. The summed E-state index contributed by atoms with van der Waals surface area (Å²) in [6.07, 6.45) is 6.98. The van der Waals surface area contributed by atoms with Crippen LogP contribution >= 0.6 is 0 Å². The zero-order chi connectivity index (χ0) is 14.5. The highest BCUT2D eigenvalue weighted by Crippen LogP contribution is 2.31. The van der Waals surface area contributed by atoms with Gasteiger partial charge in [-0.2, -0.15) is 0 Å².